The lowest BCUT2D eigenvalue weighted by molar-refractivity contribution is 0.0951. The van der Waals surface area contributed by atoms with Crippen molar-refractivity contribution in [2.75, 3.05) is 0 Å². The molecule has 4 aromatic rings. The first-order valence-electron chi connectivity index (χ1n) is 8.84. The molecule has 4 rings (SSSR count). The number of rotatable bonds is 5. The molecule has 5 heteroatoms. The summed E-state index contributed by atoms with van der Waals surface area (Å²) in [7, 11) is 0. The highest BCUT2D eigenvalue weighted by Gasteiger charge is 2.17. The van der Waals surface area contributed by atoms with Crippen LogP contribution >= 0.6 is 11.6 Å². The van der Waals surface area contributed by atoms with Crippen molar-refractivity contribution >= 4 is 17.5 Å². The second-order valence-corrected chi connectivity index (χ2v) is 6.62. The predicted octanol–water partition coefficient (Wildman–Crippen LogP) is 5.59. The summed E-state index contributed by atoms with van der Waals surface area (Å²) in [5, 5.41) is 3.53. The molecule has 4 nitrogen and oxygen atoms in total. The average Bonchev–Trinajstić information content (AvgIpc) is 3.24. The van der Waals surface area contributed by atoms with Gasteiger partial charge in [0.1, 0.15) is 0 Å². The van der Waals surface area contributed by atoms with Gasteiger partial charge in [-0.1, -0.05) is 72.3 Å². The van der Waals surface area contributed by atoms with Gasteiger partial charge in [0.25, 0.3) is 5.91 Å². The van der Waals surface area contributed by atoms with E-state index in [1.807, 2.05) is 66.7 Å². The van der Waals surface area contributed by atoms with Crippen LogP contribution in [0.3, 0.4) is 0 Å². The number of hydrogen-bond donors (Lipinski definition) is 1. The summed E-state index contributed by atoms with van der Waals surface area (Å²) in [6, 6.07) is 24.4. The topological polar surface area (TPSA) is 55.1 Å². The molecule has 1 N–H and O–H groups in total. The van der Waals surface area contributed by atoms with Crippen molar-refractivity contribution < 1.29 is 9.21 Å². The lowest BCUT2D eigenvalue weighted by atomic mass is 10.1. The molecule has 0 unspecified atom stereocenters. The molecule has 0 bridgehead atoms. The van der Waals surface area contributed by atoms with Gasteiger partial charge >= 0.3 is 0 Å². The van der Waals surface area contributed by atoms with Gasteiger partial charge < -0.3 is 9.73 Å². The molecule has 28 heavy (non-hydrogen) atoms. The minimum Gasteiger partial charge on any atom is -0.436 e. The van der Waals surface area contributed by atoms with Gasteiger partial charge in [0.05, 0.1) is 11.8 Å². The van der Waals surface area contributed by atoms with Gasteiger partial charge in [0, 0.05) is 22.7 Å². The lowest BCUT2D eigenvalue weighted by Gasteiger charge is -2.09. The normalized spacial score (nSPS) is 10.6. The maximum Gasteiger partial charge on any atom is 0.252 e. The van der Waals surface area contributed by atoms with E-state index >= 15 is 0 Å². The number of nitrogens with one attached hydrogen (secondary N) is 1. The van der Waals surface area contributed by atoms with Crippen molar-refractivity contribution in [3.05, 3.63) is 101 Å². The van der Waals surface area contributed by atoms with Crippen LogP contribution in [0.5, 0.6) is 0 Å². The predicted molar refractivity (Wildman–Crippen MR) is 110 cm³/mol. The third-order valence-electron chi connectivity index (χ3n) is 4.36. The number of benzene rings is 3. The maximum atomic E-state index is 12.8. The Morgan fingerprint density at radius 1 is 0.929 bits per heavy atom. The van der Waals surface area contributed by atoms with Crippen LogP contribution in [0.1, 0.15) is 15.9 Å². The van der Waals surface area contributed by atoms with Gasteiger partial charge in [-0.25, -0.2) is 4.98 Å². The minimum atomic E-state index is -0.213. The van der Waals surface area contributed by atoms with Crippen LogP contribution in [0.4, 0.5) is 0 Å². The average molecular weight is 389 g/mol. The van der Waals surface area contributed by atoms with Crippen LogP contribution in [0.25, 0.3) is 22.8 Å². The first-order valence-corrected chi connectivity index (χ1v) is 9.22. The van der Waals surface area contributed by atoms with E-state index in [9.17, 15) is 4.79 Å². The lowest BCUT2D eigenvalue weighted by Crippen LogP contribution is -2.23. The molecule has 0 saturated carbocycles. The number of carbonyl (C=O) groups is 1. The Hall–Kier alpha value is -3.37. The number of aromatic nitrogens is 1. The summed E-state index contributed by atoms with van der Waals surface area (Å²) in [4.78, 5) is 17.1. The van der Waals surface area contributed by atoms with Gasteiger partial charge in [0.2, 0.25) is 5.89 Å². The van der Waals surface area contributed by atoms with E-state index in [1.165, 1.54) is 0 Å². The standard InChI is InChI=1S/C23H17ClN2O2/c24-20-13-7-4-10-17(20)14-25-22(27)18-11-5-6-12-19(18)23-26-15-21(28-23)16-8-2-1-3-9-16/h1-13,15H,14H2,(H,25,27). The Labute approximate surface area is 167 Å². The van der Waals surface area contributed by atoms with E-state index in [0.29, 0.717) is 34.3 Å². The van der Waals surface area contributed by atoms with Crippen molar-refractivity contribution in [1.82, 2.24) is 10.3 Å². The van der Waals surface area contributed by atoms with E-state index < -0.39 is 0 Å². The van der Waals surface area contributed by atoms with Crippen molar-refractivity contribution in [2.45, 2.75) is 6.54 Å². The highest BCUT2D eigenvalue weighted by Crippen LogP contribution is 2.28. The monoisotopic (exact) mass is 388 g/mol. The fourth-order valence-electron chi connectivity index (χ4n) is 2.91. The SMILES string of the molecule is O=C(NCc1ccccc1Cl)c1ccccc1-c1ncc(-c2ccccc2)o1. The van der Waals surface area contributed by atoms with Crippen LogP contribution in [0.15, 0.2) is 89.5 Å². The largest absolute Gasteiger partial charge is 0.436 e. The number of halogens is 1. The second kappa shape index (κ2) is 8.11. The van der Waals surface area contributed by atoms with Crippen LogP contribution in [-0.4, -0.2) is 10.9 Å². The summed E-state index contributed by atoms with van der Waals surface area (Å²) in [6.07, 6.45) is 1.67. The fraction of sp³-hybridized carbons (Fsp3) is 0.0435. The van der Waals surface area contributed by atoms with Crippen molar-refractivity contribution in [1.29, 1.82) is 0 Å². The molecule has 1 heterocycles. The number of hydrogen-bond acceptors (Lipinski definition) is 3. The minimum absolute atomic E-state index is 0.213. The van der Waals surface area contributed by atoms with Crippen LogP contribution in [0, 0.1) is 0 Å². The summed E-state index contributed by atoms with van der Waals surface area (Å²) < 4.78 is 5.92. The third-order valence-corrected chi connectivity index (χ3v) is 4.73. The van der Waals surface area contributed by atoms with Gasteiger partial charge in [-0.05, 0) is 23.8 Å². The smallest absolute Gasteiger partial charge is 0.252 e. The highest BCUT2D eigenvalue weighted by molar-refractivity contribution is 6.31. The third kappa shape index (κ3) is 3.82. The zero-order valence-corrected chi connectivity index (χ0v) is 15.7. The summed E-state index contributed by atoms with van der Waals surface area (Å²) in [5.74, 6) is 0.846. The molecule has 0 radical (unpaired) electrons. The van der Waals surface area contributed by atoms with Crippen molar-refractivity contribution in [2.24, 2.45) is 0 Å². The van der Waals surface area contributed by atoms with Crippen LogP contribution < -0.4 is 5.32 Å². The second-order valence-electron chi connectivity index (χ2n) is 6.22. The molecule has 0 aliphatic carbocycles. The van der Waals surface area contributed by atoms with Crippen LogP contribution in [0.2, 0.25) is 5.02 Å². The Balaban J connectivity index is 1.58. The Morgan fingerprint density at radius 2 is 1.64 bits per heavy atom. The molecule has 138 valence electrons. The molecule has 0 atom stereocenters. The summed E-state index contributed by atoms with van der Waals surface area (Å²) in [6.45, 7) is 0.341. The molecule has 0 fully saturated rings. The Bertz CT molecular complexity index is 1110. The van der Waals surface area contributed by atoms with Gasteiger partial charge in [0.15, 0.2) is 5.76 Å². The van der Waals surface area contributed by atoms with Gasteiger partial charge in [-0.2, -0.15) is 0 Å². The van der Waals surface area contributed by atoms with E-state index in [4.69, 9.17) is 16.0 Å². The summed E-state index contributed by atoms with van der Waals surface area (Å²) >= 11 is 6.17. The Morgan fingerprint density at radius 3 is 2.46 bits per heavy atom. The van der Waals surface area contributed by atoms with Crippen LogP contribution in [-0.2, 0) is 6.54 Å². The maximum absolute atomic E-state index is 12.8. The molecule has 0 spiro atoms. The number of carbonyl (C=O) groups excluding carboxylic acids is 1. The molecule has 0 aliphatic rings. The Kier molecular flexibility index (Phi) is 5.22. The van der Waals surface area contributed by atoms with Crippen molar-refractivity contribution in [3.8, 4) is 22.8 Å². The molecular weight excluding hydrogens is 372 g/mol. The quantitative estimate of drug-likeness (QED) is 0.484. The van der Waals surface area contributed by atoms with Gasteiger partial charge in [-0.3, -0.25) is 4.79 Å². The number of oxazole rings is 1. The van der Waals surface area contributed by atoms with E-state index in [-0.39, 0.29) is 5.91 Å². The van der Waals surface area contributed by atoms with E-state index in [1.54, 1.807) is 18.3 Å². The molecule has 1 aromatic heterocycles. The molecule has 1 amide bonds. The number of amides is 1. The van der Waals surface area contributed by atoms with E-state index in [0.717, 1.165) is 11.1 Å². The fourth-order valence-corrected chi connectivity index (χ4v) is 3.12. The van der Waals surface area contributed by atoms with E-state index in [2.05, 4.69) is 10.3 Å². The zero-order valence-electron chi connectivity index (χ0n) is 14.9. The molecule has 3 aromatic carbocycles. The number of nitrogens with zero attached hydrogens (tertiary/aromatic N) is 1. The molecule has 0 aliphatic heterocycles. The zero-order chi connectivity index (χ0) is 19.3. The first kappa shape index (κ1) is 18.0. The van der Waals surface area contributed by atoms with Gasteiger partial charge in [-0.15, -0.1) is 0 Å². The molecular formula is C23H17ClN2O2. The van der Waals surface area contributed by atoms with Crippen molar-refractivity contribution in [3.63, 3.8) is 0 Å². The molecule has 0 saturated heterocycles. The summed E-state index contributed by atoms with van der Waals surface area (Å²) in [5.41, 5.74) is 2.93. The highest BCUT2D eigenvalue weighted by atomic mass is 35.5. The first-order chi connectivity index (χ1) is 13.7.